The second kappa shape index (κ2) is 7.48. The SMILES string of the molecule is Cc1cccc(C)c1O/C([O-])=C/CC(C)C.[Li+]. The molecule has 3 heteroatoms. The monoisotopic (exact) mass is 226 g/mol. The summed E-state index contributed by atoms with van der Waals surface area (Å²) in [4.78, 5) is 0. The van der Waals surface area contributed by atoms with Crippen molar-refractivity contribution in [3.63, 3.8) is 0 Å². The zero-order valence-corrected chi connectivity index (χ0v) is 11.4. The van der Waals surface area contributed by atoms with E-state index < -0.39 is 0 Å². The van der Waals surface area contributed by atoms with Crippen LogP contribution in [0.4, 0.5) is 0 Å². The van der Waals surface area contributed by atoms with Crippen LogP contribution in [0.5, 0.6) is 5.75 Å². The fourth-order valence-corrected chi connectivity index (χ4v) is 1.43. The second-order valence-corrected chi connectivity index (χ2v) is 4.48. The van der Waals surface area contributed by atoms with Crippen LogP contribution in [0.2, 0.25) is 0 Å². The molecule has 0 bridgehead atoms. The number of aryl methyl sites for hydroxylation is 2. The van der Waals surface area contributed by atoms with Gasteiger partial charge in [-0.25, -0.2) is 0 Å². The van der Waals surface area contributed by atoms with Crippen LogP contribution in [0.1, 0.15) is 31.4 Å². The Bertz CT molecular complexity index is 364. The number of benzene rings is 1. The third-order valence-corrected chi connectivity index (χ3v) is 2.37. The summed E-state index contributed by atoms with van der Waals surface area (Å²) in [5, 5.41) is 11.5. The van der Waals surface area contributed by atoms with Gasteiger partial charge in [0.1, 0.15) is 0 Å². The van der Waals surface area contributed by atoms with Crippen molar-refractivity contribution >= 4 is 0 Å². The average Bonchev–Trinajstić information content (AvgIpc) is 2.21. The minimum absolute atomic E-state index is 0. The van der Waals surface area contributed by atoms with Crippen molar-refractivity contribution in [3.8, 4) is 5.75 Å². The number of rotatable bonds is 4. The van der Waals surface area contributed by atoms with Gasteiger partial charge in [0.05, 0.1) is 5.95 Å². The minimum Gasteiger partial charge on any atom is -0.579 e. The maximum absolute atomic E-state index is 11.5. The molecule has 0 N–H and O–H groups in total. The van der Waals surface area contributed by atoms with Gasteiger partial charge in [-0.3, -0.25) is 0 Å². The Morgan fingerprint density at radius 1 is 1.29 bits per heavy atom. The Hall–Kier alpha value is -0.843. The number of hydrogen-bond acceptors (Lipinski definition) is 2. The van der Waals surface area contributed by atoms with Crippen LogP contribution in [0.3, 0.4) is 0 Å². The molecule has 0 aromatic heterocycles. The minimum atomic E-state index is -0.258. The summed E-state index contributed by atoms with van der Waals surface area (Å²) in [5.74, 6) is 0.907. The second-order valence-electron chi connectivity index (χ2n) is 4.48. The van der Waals surface area contributed by atoms with E-state index in [1.54, 1.807) is 6.08 Å². The summed E-state index contributed by atoms with van der Waals surface area (Å²) in [6.07, 6.45) is 2.36. The Labute approximate surface area is 116 Å². The summed E-state index contributed by atoms with van der Waals surface area (Å²) < 4.78 is 5.33. The van der Waals surface area contributed by atoms with Crippen LogP contribution in [0.15, 0.2) is 30.2 Å². The van der Waals surface area contributed by atoms with Crippen LogP contribution in [-0.2, 0) is 0 Å². The van der Waals surface area contributed by atoms with E-state index in [4.69, 9.17) is 4.74 Å². The van der Waals surface area contributed by atoms with Gasteiger partial charge in [-0.15, -0.1) is 0 Å². The molecule has 0 unspecified atom stereocenters. The molecule has 0 amide bonds. The predicted molar refractivity (Wildman–Crippen MR) is 64.1 cm³/mol. The first-order chi connectivity index (χ1) is 7.50. The molecule has 0 heterocycles. The summed E-state index contributed by atoms with van der Waals surface area (Å²) in [6.45, 7) is 8.03. The van der Waals surface area contributed by atoms with Crippen molar-refractivity contribution in [2.24, 2.45) is 5.92 Å². The van der Waals surface area contributed by atoms with Crippen molar-refractivity contribution in [2.75, 3.05) is 0 Å². The first-order valence-electron chi connectivity index (χ1n) is 5.62. The molecule has 0 radical (unpaired) electrons. The van der Waals surface area contributed by atoms with Gasteiger partial charge in [0.2, 0.25) is 0 Å². The molecule has 0 aliphatic heterocycles. The van der Waals surface area contributed by atoms with E-state index in [1.165, 1.54) is 0 Å². The maximum Gasteiger partial charge on any atom is 1.00 e. The van der Waals surface area contributed by atoms with Gasteiger partial charge >= 0.3 is 18.9 Å². The molecule has 0 saturated carbocycles. The fraction of sp³-hybridized carbons (Fsp3) is 0.429. The van der Waals surface area contributed by atoms with Gasteiger partial charge in [-0.1, -0.05) is 38.1 Å². The van der Waals surface area contributed by atoms with Gasteiger partial charge in [-0.05, 0) is 37.3 Å². The van der Waals surface area contributed by atoms with Crippen LogP contribution >= 0.6 is 0 Å². The van der Waals surface area contributed by atoms with Crippen LogP contribution in [-0.4, -0.2) is 0 Å². The molecule has 0 aliphatic rings. The first kappa shape index (κ1) is 16.2. The summed E-state index contributed by atoms with van der Waals surface area (Å²) >= 11 is 0. The van der Waals surface area contributed by atoms with E-state index in [1.807, 2.05) is 32.0 Å². The van der Waals surface area contributed by atoms with E-state index >= 15 is 0 Å². The summed E-state index contributed by atoms with van der Waals surface area (Å²) in [6, 6.07) is 5.84. The van der Waals surface area contributed by atoms with E-state index in [9.17, 15) is 5.11 Å². The maximum atomic E-state index is 11.5. The zero-order valence-electron chi connectivity index (χ0n) is 11.4. The molecule has 0 fully saturated rings. The third kappa shape index (κ3) is 5.34. The predicted octanol–water partition coefficient (Wildman–Crippen LogP) is -0.0660. The Balaban J connectivity index is 0.00000256. The Morgan fingerprint density at radius 3 is 2.29 bits per heavy atom. The smallest absolute Gasteiger partial charge is 0.579 e. The van der Waals surface area contributed by atoms with Crippen molar-refractivity contribution in [1.82, 2.24) is 0 Å². The summed E-state index contributed by atoms with van der Waals surface area (Å²) in [7, 11) is 0. The number of para-hydroxylation sites is 1. The Kier molecular flexibility index (Phi) is 7.11. The molecule has 0 atom stereocenters. The van der Waals surface area contributed by atoms with Crippen molar-refractivity contribution < 1.29 is 28.7 Å². The standard InChI is InChI=1S/C14H20O2.Li/c1-10(2)8-9-13(15)16-14-11(3)6-5-7-12(14)4;/h5-7,9-10,15H,8H2,1-4H3;/q;+1/p-1/b13-9+;. The third-order valence-electron chi connectivity index (χ3n) is 2.37. The van der Waals surface area contributed by atoms with E-state index in [2.05, 4.69) is 13.8 Å². The fourth-order valence-electron chi connectivity index (χ4n) is 1.43. The quantitative estimate of drug-likeness (QED) is 0.532. The van der Waals surface area contributed by atoms with E-state index in [0.717, 1.165) is 17.5 Å². The number of ether oxygens (including phenoxy) is 1. The van der Waals surface area contributed by atoms with Gasteiger partial charge in [0, 0.05) is 5.75 Å². The molecule has 2 nitrogen and oxygen atoms in total. The number of hydrogen-bond donors (Lipinski definition) is 0. The molecule has 0 spiro atoms. The topological polar surface area (TPSA) is 32.3 Å². The number of allylic oxidation sites excluding steroid dienone is 1. The first-order valence-corrected chi connectivity index (χ1v) is 5.62. The van der Waals surface area contributed by atoms with Crippen molar-refractivity contribution in [1.29, 1.82) is 0 Å². The van der Waals surface area contributed by atoms with Gasteiger partial charge in [0.25, 0.3) is 0 Å². The van der Waals surface area contributed by atoms with Crippen molar-refractivity contribution in [3.05, 3.63) is 41.3 Å². The van der Waals surface area contributed by atoms with E-state index in [-0.39, 0.29) is 24.8 Å². The Morgan fingerprint density at radius 2 is 1.82 bits per heavy atom. The molecule has 1 rings (SSSR count). The van der Waals surface area contributed by atoms with Gasteiger partial charge < -0.3 is 9.84 Å². The van der Waals surface area contributed by atoms with Crippen LogP contribution in [0.25, 0.3) is 0 Å². The average molecular weight is 226 g/mol. The van der Waals surface area contributed by atoms with Gasteiger partial charge in [-0.2, -0.15) is 0 Å². The zero-order chi connectivity index (χ0) is 12.1. The van der Waals surface area contributed by atoms with Crippen molar-refractivity contribution in [2.45, 2.75) is 34.1 Å². The molecule has 17 heavy (non-hydrogen) atoms. The molecule has 1 aromatic carbocycles. The largest absolute Gasteiger partial charge is 1.00 e. The normalized spacial score (nSPS) is 11.2. The molecule has 0 aliphatic carbocycles. The van der Waals surface area contributed by atoms with Crippen LogP contribution in [0, 0.1) is 19.8 Å². The van der Waals surface area contributed by atoms with E-state index in [0.29, 0.717) is 11.7 Å². The molecule has 0 saturated heterocycles. The summed E-state index contributed by atoms with van der Waals surface area (Å²) in [5.41, 5.74) is 1.98. The molecular weight excluding hydrogens is 207 g/mol. The molecule has 88 valence electrons. The van der Waals surface area contributed by atoms with Crippen LogP contribution < -0.4 is 28.7 Å². The van der Waals surface area contributed by atoms with Gasteiger partial charge in [0.15, 0.2) is 0 Å². The molecular formula is C14H19LiO2. The molecule has 1 aromatic rings.